The van der Waals surface area contributed by atoms with E-state index in [2.05, 4.69) is 17.4 Å². The number of benzene rings is 1. The number of ether oxygens (including phenoxy) is 1. The molecular weight excluding hydrogens is 252 g/mol. The summed E-state index contributed by atoms with van der Waals surface area (Å²) in [5.41, 5.74) is 1.15. The van der Waals surface area contributed by atoms with Gasteiger partial charge < -0.3 is 9.64 Å². The second-order valence-corrected chi connectivity index (χ2v) is 5.72. The number of carbonyl (C=O) groups is 1. The Balaban J connectivity index is 1.91. The van der Waals surface area contributed by atoms with E-state index in [-0.39, 0.29) is 30.3 Å². The summed E-state index contributed by atoms with van der Waals surface area (Å²) in [6.07, 6.45) is 3.34. The smallest absolute Gasteiger partial charge is 0.241 e. The van der Waals surface area contributed by atoms with Crippen LogP contribution < -0.4 is 5.32 Å². The van der Waals surface area contributed by atoms with Crippen molar-refractivity contribution < 1.29 is 9.53 Å². The van der Waals surface area contributed by atoms with Crippen LogP contribution in [0, 0.1) is 0 Å². The van der Waals surface area contributed by atoms with Crippen LogP contribution in [0.3, 0.4) is 0 Å². The van der Waals surface area contributed by atoms with Gasteiger partial charge in [0.1, 0.15) is 6.17 Å². The molecule has 0 aromatic heterocycles. The Morgan fingerprint density at radius 1 is 1.25 bits per heavy atom. The molecule has 0 spiro atoms. The normalized spacial score (nSPS) is 33.9. The number of hydrogen-bond acceptors (Lipinski definition) is 3. The second-order valence-electron chi connectivity index (χ2n) is 5.72. The fraction of sp³-hybridized carbons (Fsp3) is 0.562. The minimum Gasteiger partial charge on any atom is -0.379 e. The van der Waals surface area contributed by atoms with E-state index >= 15 is 0 Å². The predicted molar refractivity (Wildman–Crippen MR) is 77.1 cm³/mol. The van der Waals surface area contributed by atoms with E-state index in [1.54, 1.807) is 7.11 Å². The fourth-order valence-electron chi connectivity index (χ4n) is 3.49. The zero-order chi connectivity index (χ0) is 14.1. The van der Waals surface area contributed by atoms with Gasteiger partial charge in [0.2, 0.25) is 5.91 Å². The molecule has 0 radical (unpaired) electrons. The molecule has 4 atom stereocenters. The third-order valence-electron chi connectivity index (χ3n) is 4.50. The average Bonchev–Trinajstić information content (AvgIpc) is 3.05. The van der Waals surface area contributed by atoms with E-state index in [1.807, 2.05) is 30.0 Å². The van der Waals surface area contributed by atoms with Crippen LogP contribution in [0.2, 0.25) is 0 Å². The van der Waals surface area contributed by atoms with Crippen molar-refractivity contribution in [2.75, 3.05) is 7.11 Å². The first-order chi connectivity index (χ1) is 9.72. The van der Waals surface area contributed by atoms with Gasteiger partial charge in [-0.1, -0.05) is 30.3 Å². The summed E-state index contributed by atoms with van der Waals surface area (Å²) in [5.74, 6) is 0.188. The molecule has 1 aliphatic carbocycles. The van der Waals surface area contributed by atoms with E-state index in [0.29, 0.717) is 0 Å². The van der Waals surface area contributed by atoms with Gasteiger partial charge in [0.15, 0.2) is 0 Å². The van der Waals surface area contributed by atoms with Gasteiger partial charge in [0.05, 0.1) is 18.2 Å². The van der Waals surface area contributed by atoms with Gasteiger partial charge in [-0.3, -0.25) is 10.1 Å². The quantitative estimate of drug-likeness (QED) is 0.917. The number of nitrogens with zero attached hydrogens (tertiary/aromatic N) is 1. The van der Waals surface area contributed by atoms with Gasteiger partial charge in [-0.15, -0.1) is 0 Å². The summed E-state index contributed by atoms with van der Waals surface area (Å²) in [6.45, 7) is 1.94. The molecule has 0 bridgehead atoms. The molecule has 1 amide bonds. The van der Waals surface area contributed by atoms with Crippen molar-refractivity contribution in [3.63, 3.8) is 0 Å². The third-order valence-corrected chi connectivity index (χ3v) is 4.50. The Morgan fingerprint density at radius 2 is 2.00 bits per heavy atom. The number of nitrogens with one attached hydrogen (secondary N) is 1. The first-order valence-electron chi connectivity index (χ1n) is 7.38. The predicted octanol–water partition coefficient (Wildman–Crippen LogP) is 2.07. The lowest BCUT2D eigenvalue weighted by Crippen LogP contribution is -2.44. The van der Waals surface area contributed by atoms with Crippen molar-refractivity contribution in [1.29, 1.82) is 0 Å². The highest BCUT2D eigenvalue weighted by Crippen LogP contribution is 2.35. The number of amides is 1. The first kappa shape index (κ1) is 13.6. The first-order valence-corrected chi connectivity index (χ1v) is 7.38. The zero-order valence-electron chi connectivity index (χ0n) is 12.1. The molecule has 1 saturated carbocycles. The van der Waals surface area contributed by atoms with Crippen molar-refractivity contribution in [3.05, 3.63) is 35.9 Å². The van der Waals surface area contributed by atoms with Crippen molar-refractivity contribution in [3.8, 4) is 0 Å². The van der Waals surface area contributed by atoms with Gasteiger partial charge in [-0.2, -0.15) is 0 Å². The van der Waals surface area contributed by atoms with Gasteiger partial charge in [0, 0.05) is 7.11 Å². The maximum Gasteiger partial charge on any atom is 0.241 e. The van der Waals surface area contributed by atoms with Gasteiger partial charge in [-0.25, -0.2) is 0 Å². The van der Waals surface area contributed by atoms with Crippen LogP contribution in [0.25, 0.3) is 0 Å². The van der Waals surface area contributed by atoms with Gasteiger partial charge in [-0.05, 0) is 31.7 Å². The molecule has 4 heteroatoms. The molecular formula is C16H22N2O2. The highest BCUT2D eigenvalue weighted by molar-refractivity contribution is 5.84. The number of methoxy groups -OCH3 is 1. The number of carbonyl (C=O) groups excluding carboxylic acids is 1. The molecule has 1 saturated heterocycles. The minimum atomic E-state index is -0.127. The Hall–Kier alpha value is -1.39. The minimum absolute atomic E-state index is 0.0283. The Labute approximate surface area is 120 Å². The van der Waals surface area contributed by atoms with Crippen LogP contribution in [0.1, 0.15) is 37.9 Å². The molecule has 20 heavy (non-hydrogen) atoms. The number of rotatable bonds is 3. The van der Waals surface area contributed by atoms with Crippen molar-refractivity contribution in [2.45, 2.75) is 50.5 Å². The molecule has 1 aromatic carbocycles. The zero-order valence-corrected chi connectivity index (χ0v) is 12.1. The molecule has 2 aliphatic rings. The van der Waals surface area contributed by atoms with Crippen LogP contribution in [-0.2, 0) is 9.53 Å². The lowest BCUT2D eigenvalue weighted by atomic mass is 10.1. The molecule has 108 valence electrons. The Morgan fingerprint density at radius 3 is 2.70 bits per heavy atom. The Bertz CT molecular complexity index is 477. The lowest BCUT2D eigenvalue weighted by molar-refractivity contribution is -0.134. The van der Waals surface area contributed by atoms with Crippen LogP contribution in [0.4, 0.5) is 0 Å². The summed E-state index contributed by atoms with van der Waals surface area (Å²) in [7, 11) is 1.75. The molecule has 3 rings (SSSR count). The molecule has 1 N–H and O–H groups in total. The van der Waals surface area contributed by atoms with E-state index in [9.17, 15) is 4.79 Å². The van der Waals surface area contributed by atoms with Crippen molar-refractivity contribution in [2.24, 2.45) is 0 Å². The molecule has 4 nitrogen and oxygen atoms in total. The summed E-state index contributed by atoms with van der Waals surface area (Å²) in [4.78, 5) is 14.6. The monoisotopic (exact) mass is 274 g/mol. The van der Waals surface area contributed by atoms with E-state index < -0.39 is 0 Å². The van der Waals surface area contributed by atoms with Gasteiger partial charge >= 0.3 is 0 Å². The topological polar surface area (TPSA) is 41.6 Å². The SMILES string of the molecule is COC1CCCC1N1C(=O)C(C)NC1c1ccccc1. The molecule has 1 heterocycles. The lowest BCUT2D eigenvalue weighted by Gasteiger charge is -2.33. The molecule has 1 aromatic rings. The van der Waals surface area contributed by atoms with Crippen LogP contribution in [-0.4, -0.2) is 36.1 Å². The fourth-order valence-corrected chi connectivity index (χ4v) is 3.49. The third kappa shape index (κ3) is 2.23. The highest BCUT2D eigenvalue weighted by atomic mass is 16.5. The van der Waals surface area contributed by atoms with E-state index in [4.69, 9.17) is 4.74 Å². The summed E-state index contributed by atoms with van der Waals surface area (Å²) >= 11 is 0. The van der Waals surface area contributed by atoms with Gasteiger partial charge in [0.25, 0.3) is 0 Å². The highest BCUT2D eigenvalue weighted by Gasteiger charge is 2.45. The standard InChI is InChI=1S/C16H22N2O2/c1-11-16(19)18(13-9-6-10-14(13)20-2)15(17-11)12-7-4-3-5-8-12/h3-5,7-8,11,13-15,17H,6,9-10H2,1-2H3. The summed E-state index contributed by atoms with van der Waals surface area (Å²) in [6, 6.07) is 10.3. The van der Waals surface area contributed by atoms with Crippen LogP contribution in [0.5, 0.6) is 0 Å². The van der Waals surface area contributed by atoms with Crippen molar-refractivity contribution in [1.82, 2.24) is 10.2 Å². The summed E-state index contributed by atoms with van der Waals surface area (Å²) < 4.78 is 5.58. The van der Waals surface area contributed by atoms with Crippen molar-refractivity contribution >= 4 is 5.91 Å². The van der Waals surface area contributed by atoms with Crippen LogP contribution >= 0.6 is 0 Å². The summed E-state index contributed by atoms with van der Waals surface area (Å²) in [5, 5.41) is 3.41. The maximum absolute atomic E-state index is 12.5. The van der Waals surface area contributed by atoms with E-state index in [1.165, 1.54) is 0 Å². The molecule has 4 unspecified atom stereocenters. The van der Waals surface area contributed by atoms with Crippen LogP contribution in [0.15, 0.2) is 30.3 Å². The molecule has 2 fully saturated rings. The van der Waals surface area contributed by atoms with E-state index in [0.717, 1.165) is 24.8 Å². The average molecular weight is 274 g/mol. The maximum atomic E-state index is 12.5. The largest absolute Gasteiger partial charge is 0.379 e. The molecule has 1 aliphatic heterocycles. The second kappa shape index (κ2) is 5.54. The number of hydrogen-bond donors (Lipinski definition) is 1. The Kier molecular flexibility index (Phi) is 3.76.